The number of carbonyl (C=O) groups excluding carboxylic acids is 1. The standard InChI is InChI=1S/C16H17NO3.C2H6/c1-2-12-8-9-14(15(18)10-12)17-16(19)20-11-13-6-4-3-5-7-13;1-2/h3-10,18H,2,11H2,1H3,(H,17,19);1-2H3. The highest BCUT2D eigenvalue weighted by Gasteiger charge is 2.08. The first kappa shape index (κ1) is 17.6. The molecule has 0 radical (unpaired) electrons. The van der Waals surface area contributed by atoms with Crippen LogP contribution in [0.2, 0.25) is 0 Å². The Kier molecular flexibility index (Phi) is 7.54. The van der Waals surface area contributed by atoms with E-state index < -0.39 is 6.09 Å². The summed E-state index contributed by atoms with van der Waals surface area (Å²) in [6.07, 6.45) is 0.236. The molecular weight excluding hydrogens is 278 g/mol. The van der Waals surface area contributed by atoms with Crippen molar-refractivity contribution >= 4 is 11.8 Å². The number of hydrogen-bond donors (Lipinski definition) is 2. The van der Waals surface area contributed by atoms with Crippen LogP contribution in [0.15, 0.2) is 48.5 Å². The van der Waals surface area contributed by atoms with E-state index in [1.54, 1.807) is 12.1 Å². The summed E-state index contributed by atoms with van der Waals surface area (Å²) >= 11 is 0. The molecule has 2 aromatic carbocycles. The van der Waals surface area contributed by atoms with E-state index in [0.717, 1.165) is 17.5 Å². The quantitative estimate of drug-likeness (QED) is 0.803. The molecule has 118 valence electrons. The number of carbonyl (C=O) groups is 1. The number of amides is 1. The van der Waals surface area contributed by atoms with Gasteiger partial charge in [-0.2, -0.15) is 0 Å². The Labute approximate surface area is 131 Å². The van der Waals surface area contributed by atoms with Crippen molar-refractivity contribution in [3.63, 3.8) is 0 Å². The van der Waals surface area contributed by atoms with Crippen LogP contribution >= 0.6 is 0 Å². The van der Waals surface area contributed by atoms with Gasteiger partial charge in [0.1, 0.15) is 12.4 Å². The van der Waals surface area contributed by atoms with Gasteiger partial charge < -0.3 is 9.84 Å². The summed E-state index contributed by atoms with van der Waals surface area (Å²) in [6.45, 7) is 6.19. The van der Waals surface area contributed by atoms with Crippen LogP contribution in [0.25, 0.3) is 0 Å². The molecule has 22 heavy (non-hydrogen) atoms. The number of aromatic hydroxyl groups is 1. The van der Waals surface area contributed by atoms with E-state index in [4.69, 9.17) is 4.74 Å². The summed E-state index contributed by atoms with van der Waals surface area (Å²) in [7, 11) is 0. The molecule has 2 N–H and O–H groups in total. The van der Waals surface area contributed by atoms with Gasteiger partial charge in [-0.1, -0.05) is 57.2 Å². The average Bonchev–Trinajstić information content (AvgIpc) is 2.57. The van der Waals surface area contributed by atoms with Crippen LogP contribution in [0.5, 0.6) is 5.75 Å². The first-order chi connectivity index (χ1) is 10.7. The van der Waals surface area contributed by atoms with Crippen molar-refractivity contribution in [2.45, 2.75) is 33.8 Å². The van der Waals surface area contributed by atoms with E-state index in [0.29, 0.717) is 5.69 Å². The molecule has 0 atom stereocenters. The van der Waals surface area contributed by atoms with Crippen LogP contribution < -0.4 is 5.32 Å². The lowest BCUT2D eigenvalue weighted by Crippen LogP contribution is -2.13. The Morgan fingerprint density at radius 3 is 2.36 bits per heavy atom. The zero-order valence-electron chi connectivity index (χ0n) is 13.3. The Morgan fingerprint density at radius 1 is 1.09 bits per heavy atom. The predicted octanol–water partition coefficient (Wildman–Crippen LogP) is 4.73. The van der Waals surface area contributed by atoms with Gasteiger partial charge >= 0.3 is 6.09 Å². The fourth-order valence-electron chi connectivity index (χ4n) is 1.77. The lowest BCUT2D eigenvalue weighted by Gasteiger charge is -2.09. The second-order valence-electron chi connectivity index (χ2n) is 4.39. The maximum absolute atomic E-state index is 11.6. The highest BCUT2D eigenvalue weighted by atomic mass is 16.5. The SMILES string of the molecule is CC.CCc1ccc(NC(=O)OCc2ccccc2)c(O)c1. The van der Waals surface area contributed by atoms with E-state index in [1.807, 2.05) is 57.2 Å². The minimum Gasteiger partial charge on any atom is -0.506 e. The second kappa shape index (κ2) is 9.45. The van der Waals surface area contributed by atoms with Crippen LogP contribution in [0, 0.1) is 0 Å². The van der Waals surface area contributed by atoms with E-state index in [9.17, 15) is 9.90 Å². The van der Waals surface area contributed by atoms with Crippen LogP contribution in [-0.2, 0) is 17.8 Å². The second-order valence-corrected chi connectivity index (χ2v) is 4.39. The highest BCUT2D eigenvalue weighted by Crippen LogP contribution is 2.24. The zero-order chi connectivity index (χ0) is 16.4. The van der Waals surface area contributed by atoms with Crippen LogP contribution in [-0.4, -0.2) is 11.2 Å². The largest absolute Gasteiger partial charge is 0.506 e. The molecule has 4 heteroatoms. The Bertz CT molecular complexity index is 582. The summed E-state index contributed by atoms with van der Waals surface area (Å²) in [5.74, 6) is 0.0426. The molecule has 2 aromatic rings. The molecule has 0 spiro atoms. The number of phenolic OH excluding ortho intramolecular Hbond substituents is 1. The summed E-state index contributed by atoms with van der Waals surface area (Å²) in [4.78, 5) is 11.6. The molecule has 0 saturated carbocycles. The number of aryl methyl sites for hydroxylation is 1. The van der Waals surface area contributed by atoms with Gasteiger partial charge in [0.15, 0.2) is 0 Å². The van der Waals surface area contributed by atoms with Gasteiger partial charge in [0.2, 0.25) is 0 Å². The first-order valence-electron chi connectivity index (χ1n) is 7.48. The minimum atomic E-state index is -0.589. The molecule has 1 amide bonds. The molecule has 0 unspecified atom stereocenters. The van der Waals surface area contributed by atoms with Gasteiger partial charge in [-0.05, 0) is 29.7 Å². The Hall–Kier alpha value is -2.49. The molecule has 4 nitrogen and oxygen atoms in total. The van der Waals surface area contributed by atoms with Gasteiger partial charge in [-0.15, -0.1) is 0 Å². The van der Waals surface area contributed by atoms with Gasteiger partial charge in [-0.3, -0.25) is 5.32 Å². The molecule has 0 aromatic heterocycles. The molecule has 0 fully saturated rings. The van der Waals surface area contributed by atoms with Crippen molar-refractivity contribution in [2.75, 3.05) is 5.32 Å². The summed E-state index contributed by atoms with van der Waals surface area (Å²) in [6, 6.07) is 14.6. The van der Waals surface area contributed by atoms with Crippen LogP contribution in [0.3, 0.4) is 0 Å². The third-order valence-corrected chi connectivity index (χ3v) is 2.92. The van der Waals surface area contributed by atoms with Crippen molar-refractivity contribution in [1.82, 2.24) is 0 Å². The lowest BCUT2D eigenvalue weighted by molar-refractivity contribution is 0.155. The zero-order valence-corrected chi connectivity index (χ0v) is 13.3. The Morgan fingerprint density at radius 2 is 1.77 bits per heavy atom. The fraction of sp³-hybridized carbons (Fsp3) is 0.278. The first-order valence-corrected chi connectivity index (χ1v) is 7.48. The van der Waals surface area contributed by atoms with Crippen LogP contribution in [0.1, 0.15) is 31.9 Å². The predicted molar refractivity (Wildman–Crippen MR) is 89.1 cm³/mol. The summed E-state index contributed by atoms with van der Waals surface area (Å²) in [5.41, 5.74) is 2.26. The van der Waals surface area contributed by atoms with Gasteiger partial charge in [0, 0.05) is 0 Å². The van der Waals surface area contributed by atoms with Crippen LogP contribution in [0.4, 0.5) is 10.5 Å². The number of hydrogen-bond acceptors (Lipinski definition) is 3. The highest BCUT2D eigenvalue weighted by molar-refractivity contribution is 5.86. The maximum atomic E-state index is 11.6. The molecule has 0 aliphatic rings. The van der Waals surface area contributed by atoms with Gasteiger partial charge in [0.25, 0.3) is 0 Å². The summed E-state index contributed by atoms with van der Waals surface area (Å²) in [5, 5.41) is 12.3. The van der Waals surface area contributed by atoms with Gasteiger partial charge in [-0.25, -0.2) is 4.79 Å². The van der Waals surface area contributed by atoms with E-state index in [2.05, 4.69) is 5.32 Å². The molecular formula is C18H23NO3. The van der Waals surface area contributed by atoms with E-state index >= 15 is 0 Å². The van der Waals surface area contributed by atoms with Gasteiger partial charge in [0.05, 0.1) is 5.69 Å². The fourth-order valence-corrected chi connectivity index (χ4v) is 1.77. The number of phenols is 1. The van der Waals surface area contributed by atoms with Crippen molar-refractivity contribution in [1.29, 1.82) is 0 Å². The van der Waals surface area contributed by atoms with Crippen molar-refractivity contribution in [3.05, 3.63) is 59.7 Å². The summed E-state index contributed by atoms with van der Waals surface area (Å²) < 4.78 is 5.08. The third kappa shape index (κ3) is 5.48. The smallest absolute Gasteiger partial charge is 0.412 e. The number of nitrogens with one attached hydrogen (secondary N) is 1. The molecule has 0 bridgehead atoms. The lowest BCUT2D eigenvalue weighted by atomic mass is 10.1. The minimum absolute atomic E-state index is 0.0426. The normalized spacial score (nSPS) is 9.41. The average molecular weight is 301 g/mol. The van der Waals surface area contributed by atoms with E-state index in [1.165, 1.54) is 0 Å². The third-order valence-electron chi connectivity index (χ3n) is 2.92. The molecule has 0 saturated heterocycles. The van der Waals surface area contributed by atoms with Crippen molar-refractivity contribution in [2.24, 2.45) is 0 Å². The van der Waals surface area contributed by atoms with Crippen molar-refractivity contribution in [3.8, 4) is 5.75 Å². The Balaban J connectivity index is 0.00000116. The topological polar surface area (TPSA) is 58.6 Å². The number of benzene rings is 2. The molecule has 0 aliphatic carbocycles. The molecule has 0 aliphatic heterocycles. The molecule has 0 heterocycles. The van der Waals surface area contributed by atoms with Crippen molar-refractivity contribution < 1.29 is 14.6 Å². The number of ether oxygens (including phenoxy) is 1. The number of anilines is 1. The number of rotatable bonds is 4. The maximum Gasteiger partial charge on any atom is 0.412 e. The van der Waals surface area contributed by atoms with E-state index in [-0.39, 0.29) is 12.4 Å². The monoisotopic (exact) mass is 301 g/mol. The molecule has 2 rings (SSSR count).